The number of hydrogen-bond donors (Lipinski definition) is 0. The molecule has 25 heavy (non-hydrogen) atoms. The van der Waals surface area contributed by atoms with Gasteiger partial charge in [0, 0.05) is 25.4 Å². The van der Waals surface area contributed by atoms with E-state index in [1.54, 1.807) is 4.90 Å². The largest absolute Gasteiger partial charge is 0.448 e. The Morgan fingerprint density at radius 3 is 2.28 bits per heavy atom. The molecule has 1 amide bonds. The molecule has 1 aliphatic heterocycles. The first-order chi connectivity index (χ1) is 12.1. The molecule has 2 aliphatic rings. The molecule has 0 radical (unpaired) electrons. The van der Waals surface area contributed by atoms with Crippen LogP contribution in [0, 0.1) is 0 Å². The number of benzene rings is 2. The van der Waals surface area contributed by atoms with E-state index in [4.69, 9.17) is 4.74 Å². The number of nitrogens with zero attached hydrogens (tertiary/aromatic N) is 1. The summed E-state index contributed by atoms with van der Waals surface area (Å²) in [6.07, 6.45) is 0.0268. The number of hydrogen-bond acceptors (Lipinski definition) is 3. The monoisotopic (exact) mass is 399 g/mol. The predicted octanol–water partition coefficient (Wildman–Crippen LogP) is 3.97. The summed E-state index contributed by atoms with van der Waals surface area (Å²) in [5.74, 6) is 0.199. The Bertz CT molecular complexity index is 790. The Morgan fingerprint density at radius 1 is 1.08 bits per heavy atom. The van der Waals surface area contributed by atoms with Crippen LogP contribution in [0.15, 0.2) is 48.5 Å². The predicted molar refractivity (Wildman–Crippen MR) is 99.0 cm³/mol. The lowest BCUT2D eigenvalue weighted by atomic mass is 9.98. The highest BCUT2D eigenvalue weighted by Gasteiger charge is 2.32. The van der Waals surface area contributed by atoms with Gasteiger partial charge in [0.2, 0.25) is 0 Å². The van der Waals surface area contributed by atoms with Crippen LogP contribution in [0.25, 0.3) is 11.1 Å². The first kappa shape index (κ1) is 16.3. The van der Waals surface area contributed by atoms with E-state index in [2.05, 4.69) is 40.2 Å². The van der Waals surface area contributed by atoms with Gasteiger partial charge in [0.05, 0.1) is 4.83 Å². The Morgan fingerprint density at radius 2 is 1.68 bits per heavy atom. The highest BCUT2D eigenvalue weighted by molar-refractivity contribution is 9.10. The van der Waals surface area contributed by atoms with Crippen molar-refractivity contribution in [3.8, 4) is 11.1 Å². The molecule has 4 nitrogen and oxygen atoms in total. The molecule has 0 unspecified atom stereocenters. The Labute approximate surface area is 154 Å². The van der Waals surface area contributed by atoms with Gasteiger partial charge >= 0.3 is 6.09 Å². The zero-order valence-corrected chi connectivity index (χ0v) is 15.2. The minimum atomic E-state index is -0.348. The minimum Gasteiger partial charge on any atom is -0.448 e. The summed E-state index contributed by atoms with van der Waals surface area (Å²) in [5, 5.41) is 0. The van der Waals surface area contributed by atoms with E-state index < -0.39 is 0 Å². The van der Waals surface area contributed by atoms with Gasteiger partial charge in [-0.25, -0.2) is 4.79 Å². The number of Topliss-reactive ketones (excluding diaryl/α,β-unsaturated/α-hetero) is 1. The second kappa shape index (κ2) is 6.64. The maximum atomic E-state index is 12.4. The second-order valence-corrected chi connectivity index (χ2v) is 7.54. The maximum absolute atomic E-state index is 12.4. The zero-order valence-electron chi connectivity index (χ0n) is 13.7. The van der Waals surface area contributed by atoms with Gasteiger partial charge in [0.1, 0.15) is 12.4 Å². The summed E-state index contributed by atoms with van der Waals surface area (Å²) in [6, 6.07) is 16.5. The summed E-state index contributed by atoms with van der Waals surface area (Å²) < 4.78 is 5.62. The summed E-state index contributed by atoms with van der Waals surface area (Å²) in [5.41, 5.74) is 4.82. The van der Waals surface area contributed by atoms with Gasteiger partial charge in [-0.05, 0) is 22.3 Å². The molecular formula is C20H18BrNO3. The van der Waals surface area contributed by atoms with Crippen LogP contribution in [0.1, 0.15) is 23.5 Å². The van der Waals surface area contributed by atoms with Crippen molar-refractivity contribution in [3.05, 3.63) is 59.7 Å². The quantitative estimate of drug-likeness (QED) is 0.717. The van der Waals surface area contributed by atoms with Crippen molar-refractivity contribution < 1.29 is 14.3 Å². The molecule has 1 saturated heterocycles. The van der Waals surface area contributed by atoms with E-state index in [1.165, 1.54) is 22.3 Å². The van der Waals surface area contributed by atoms with Crippen molar-refractivity contribution in [2.24, 2.45) is 0 Å². The van der Waals surface area contributed by atoms with Crippen molar-refractivity contribution >= 4 is 27.8 Å². The Hall–Kier alpha value is -2.14. The van der Waals surface area contributed by atoms with Gasteiger partial charge in [-0.1, -0.05) is 64.5 Å². The Kier molecular flexibility index (Phi) is 4.34. The van der Waals surface area contributed by atoms with Gasteiger partial charge in [0.15, 0.2) is 0 Å². The third-order valence-corrected chi connectivity index (χ3v) is 5.75. The molecule has 1 heterocycles. The van der Waals surface area contributed by atoms with E-state index in [0.717, 1.165) is 0 Å². The molecule has 0 bridgehead atoms. The number of alkyl halides is 1. The summed E-state index contributed by atoms with van der Waals surface area (Å²) in [4.78, 5) is 25.3. The molecule has 1 fully saturated rings. The van der Waals surface area contributed by atoms with Crippen LogP contribution in [-0.4, -0.2) is 41.3 Å². The van der Waals surface area contributed by atoms with Gasteiger partial charge in [-0.3, -0.25) is 4.79 Å². The molecule has 2 aromatic carbocycles. The number of amides is 1. The van der Waals surface area contributed by atoms with Crippen molar-refractivity contribution in [1.29, 1.82) is 0 Å². The highest BCUT2D eigenvalue weighted by Crippen LogP contribution is 2.44. The lowest BCUT2D eigenvalue weighted by molar-refractivity contribution is -0.120. The van der Waals surface area contributed by atoms with Crippen LogP contribution in [-0.2, 0) is 9.53 Å². The van der Waals surface area contributed by atoms with Crippen LogP contribution in [0.3, 0.4) is 0 Å². The smallest absolute Gasteiger partial charge is 0.409 e. The molecule has 2 aromatic rings. The topological polar surface area (TPSA) is 46.6 Å². The fourth-order valence-electron chi connectivity index (χ4n) is 3.64. The number of fused-ring (bicyclic) bond motifs is 3. The number of carbonyl (C=O) groups excluding carboxylic acids is 2. The minimum absolute atomic E-state index is 0.0579. The fourth-order valence-corrected chi connectivity index (χ4v) is 4.22. The first-order valence-corrected chi connectivity index (χ1v) is 9.33. The third-order valence-electron chi connectivity index (χ3n) is 4.95. The second-order valence-electron chi connectivity index (χ2n) is 6.43. The van der Waals surface area contributed by atoms with Crippen LogP contribution in [0.4, 0.5) is 4.79 Å². The molecule has 0 aromatic heterocycles. The number of rotatable bonds is 2. The fraction of sp³-hybridized carbons (Fsp3) is 0.300. The molecule has 0 saturated carbocycles. The maximum Gasteiger partial charge on any atom is 0.409 e. The molecule has 0 N–H and O–H groups in total. The lowest BCUT2D eigenvalue weighted by Crippen LogP contribution is -2.45. The number of halogens is 1. The van der Waals surface area contributed by atoms with Crippen molar-refractivity contribution in [3.63, 3.8) is 0 Å². The molecule has 1 aliphatic carbocycles. The number of ether oxygens (including phenoxy) is 1. The summed E-state index contributed by atoms with van der Waals surface area (Å²) >= 11 is 3.32. The van der Waals surface area contributed by atoms with Crippen LogP contribution in [0.2, 0.25) is 0 Å². The van der Waals surface area contributed by atoms with Gasteiger partial charge in [-0.2, -0.15) is 0 Å². The normalized spacial score (nSPS) is 19.5. The third kappa shape index (κ3) is 2.97. The SMILES string of the molecule is O=C1CCN(C(=O)OCC2c3ccccc3-c3ccccc32)C[C@H]1Br. The van der Waals surface area contributed by atoms with Crippen molar-refractivity contribution in [2.45, 2.75) is 17.2 Å². The van der Waals surface area contributed by atoms with E-state index in [-0.39, 0.29) is 22.6 Å². The molecule has 1 atom stereocenters. The molecular weight excluding hydrogens is 382 g/mol. The van der Waals surface area contributed by atoms with Crippen molar-refractivity contribution in [2.75, 3.05) is 19.7 Å². The zero-order chi connectivity index (χ0) is 17.4. The number of ketones is 1. The van der Waals surface area contributed by atoms with Gasteiger partial charge in [0.25, 0.3) is 0 Å². The molecule has 4 rings (SSSR count). The first-order valence-electron chi connectivity index (χ1n) is 8.42. The van der Waals surface area contributed by atoms with Gasteiger partial charge in [-0.15, -0.1) is 0 Å². The average molecular weight is 400 g/mol. The molecule has 5 heteroatoms. The van der Waals surface area contributed by atoms with Crippen molar-refractivity contribution in [1.82, 2.24) is 4.90 Å². The lowest BCUT2D eigenvalue weighted by Gasteiger charge is -2.28. The average Bonchev–Trinajstić information content (AvgIpc) is 2.96. The highest BCUT2D eigenvalue weighted by atomic mass is 79.9. The summed E-state index contributed by atoms with van der Waals surface area (Å²) in [7, 11) is 0. The van der Waals surface area contributed by atoms with E-state index in [0.29, 0.717) is 26.1 Å². The van der Waals surface area contributed by atoms with Crippen LogP contribution in [0.5, 0.6) is 0 Å². The van der Waals surface area contributed by atoms with E-state index in [1.807, 2.05) is 24.3 Å². The van der Waals surface area contributed by atoms with E-state index in [9.17, 15) is 9.59 Å². The van der Waals surface area contributed by atoms with Crippen LogP contribution >= 0.6 is 15.9 Å². The standard InChI is InChI=1S/C20H18BrNO3/c21-18-11-22(10-9-19(18)23)20(24)25-12-17-15-7-3-1-5-13(15)14-6-2-4-8-16(14)17/h1-8,17-18H,9-12H2/t18-/m1/s1. The summed E-state index contributed by atoms with van der Waals surface area (Å²) in [6.45, 7) is 1.11. The van der Waals surface area contributed by atoms with E-state index >= 15 is 0 Å². The molecule has 128 valence electrons. The van der Waals surface area contributed by atoms with Gasteiger partial charge < -0.3 is 9.64 Å². The Balaban J connectivity index is 1.50. The molecule has 0 spiro atoms. The number of likely N-dealkylation sites (tertiary alicyclic amines) is 1. The van der Waals surface area contributed by atoms with Crippen LogP contribution < -0.4 is 0 Å². The number of piperidine rings is 1. The number of carbonyl (C=O) groups is 2.